The minimum atomic E-state index is -0.312. The molecule has 1 amide bonds. The highest BCUT2D eigenvalue weighted by molar-refractivity contribution is 5.79. The van der Waals surface area contributed by atoms with E-state index in [4.69, 9.17) is 10.5 Å². The first kappa shape index (κ1) is 14.5. The molecule has 1 aliphatic carbocycles. The standard InChI is InChI=1S/C13H26N2O2/c1-9-5-6-10(14)7-11(9)12(16)15-13(2,3)8-17-4/h9-11H,5-8,14H2,1-4H3,(H,15,16). The summed E-state index contributed by atoms with van der Waals surface area (Å²) in [6.45, 7) is 6.61. The maximum absolute atomic E-state index is 12.2. The van der Waals surface area contributed by atoms with Gasteiger partial charge in [0.2, 0.25) is 5.91 Å². The van der Waals surface area contributed by atoms with E-state index in [1.807, 2.05) is 13.8 Å². The summed E-state index contributed by atoms with van der Waals surface area (Å²) in [5.74, 6) is 0.595. The Balaban J connectivity index is 2.56. The molecule has 0 heterocycles. The Morgan fingerprint density at radius 3 is 2.71 bits per heavy atom. The predicted molar refractivity (Wildman–Crippen MR) is 68.6 cm³/mol. The van der Waals surface area contributed by atoms with Gasteiger partial charge in [0.1, 0.15) is 0 Å². The second-order valence-corrected chi connectivity index (χ2v) is 5.96. The summed E-state index contributed by atoms with van der Waals surface area (Å²) >= 11 is 0. The lowest BCUT2D eigenvalue weighted by Crippen LogP contribution is -2.51. The van der Waals surface area contributed by atoms with Gasteiger partial charge in [-0.15, -0.1) is 0 Å². The van der Waals surface area contributed by atoms with Gasteiger partial charge in [0.05, 0.1) is 12.1 Å². The largest absolute Gasteiger partial charge is 0.382 e. The molecule has 0 saturated heterocycles. The first-order chi connectivity index (χ1) is 7.85. The van der Waals surface area contributed by atoms with E-state index in [1.54, 1.807) is 7.11 Å². The maximum Gasteiger partial charge on any atom is 0.223 e. The third kappa shape index (κ3) is 4.28. The van der Waals surface area contributed by atoms with E-state index in [-0.39, 0.29) is 23.4 Å². The van der Waals surface area contributed by atoms with Crippen molar-refractivity contribution in [2.75, 3.05) is 13.7 Å². The Hall–Kier alpha value is -0.610. The molecule has 3 N–H and O–H groups in total. The van der Waals surface area contributed by atoms with Crippen molar-refractivity contribution >= 4 is 5.91 Å². The van der Waals surface area contributed by atoms with E-state index >= 15 is 0 Å². The maximum atomic E-state index is 12.2. The van der Waals surface area contributed by atoms with Gasteiger partial charge in [-0.2, -0.15) is 0 Å². The third-order valence-corrected chi connectivity index (χ3v) is 3.54. The summed E-state index contributed by atoms with van der Waals surface area (Å²) < 4.78 is 5.10. The molecule has 4 heteroatoms. The molecule has 100 valence electrons. The van der Waals surface area contributed by atoms with E-state index < -0.39 is 0 Å². The molecule has 0 aliphatic heterocycles. The van der Waals surface area contributed by atoms with E-state index in [0.717, 1.165) is 19.3 Å². The number of amides is 1. The van der Waals surface area contributed by atoms with Crippen LogP contribution in [-0.4, -0.2) is 31.2 Å². The number of methoxy groups -OCH3 is 1. The first-order valence-corrected chi connectivity index (χ1v) is 6.42. The van der Waals surface area contributed by atoms with Crippen LogP contribution in [-0.2, 0) is 9.53 Å². The lowest BCUT2D eigenvalue weighted by atomic mass is 9.77. The van der Waals surface area contributed by atoms with Crippen molar-refractivity contribution in [3.63, 3.8) is 0 Å². The van der Waals surface area contributed by atoms with Gasteiger partial charge in [-0.25, -0.2) is 0 Å². The summed E-state index contributed by atoms with van der Waals surface area (Å²) in [6.07, 6.45) is 2.88. The molecule has 1 saturated carbocycles. The molecule has 1 fully saturated rings. The molecule has 1 aliphatic rings. The predicted octanol–water partition coefficient (Wildman–Crippen LogP) is 1.29. The number of ether oxygens (including phenoxy) is 1. The zero-order valence-corrected chi connectivity index (χ0v) is 11.5. The topological polar surface area (TPSA) is 64.3 Å². The van der Waals surface area contributed by atoms with E-state index in [9.17, 15) is 4.79 Å². The summed E-state index contributed by atoms with van der Waals surface area (Å²) in [5, 5.41) is 3.06. The molecular weight excluding hydrogens is 216 g/mol. The van der Waals surface area contributed by atoms with Crippen molar-refractivity contribution in [2.24, 2.45) is 17.6 Å². The number of carbonyl (C=O) groups excluding carboxylic acids is 1. The van der Waals surface area contributed by atoms with Gasteiger partial charge in [0.25, 0.3) is 0 Å². The second-order valence-electron chi connectivity index (χ2n) is 5.96. The van der Waals surface area contributed by atoms with Crippen LogP contribution in [0.4, 0.5) is 0 Å². The Morgan fingerprint density at radius 1 is 1.47 bits per heavy atom. The smallest absolute Gasteiger partial charge is 0.223 e. The minimum Gasteiger partial charge on any atom is -0.382 e. The van der Waals surface area contributed by atoms with Crippen molar-refractivity contribution in [3.05, 3.63) is 0 Å². The van der Waals surface area contributed by atoms with Crippen LogP contribution >= 0.6 is 0 Å². The zero-order chi connectivity index (χ0) is 13.1. The summed E-state index contributed by atoms with van der Waals surface area (Å²) in [4.78, 5) is 12.2. The number of nitrogens with two attached hydrogens (primary N) is 1. The minimum absolute atomic E-state index is 0.0508. The zero-order valence-electron chi connectivity index (χ0n) is 11.5. The van der Waals surface area contributed by atoms with Crippen LogP contribution in [0.3, 0.4) is 0 Å². The average Bonchev–Trinajstić information content (AvgIpc) is 2.20. The lowest BCUT2D eigenvalue weighted by molar-refractivity contribution is -0.130. The van der Waals surface area contributed by atoms with Crippen molar-refractivity contribution in [3.8, 4) is 0 Å². The lowest BCUT2D eigenvalue weighted by Gasteiger charge is -2.34. The molecule has 1 rings (SSSR count). The number of nitrogens with one attached hydrogen (secondary N) is 1. The van der Waals surface area contributed by atoms with Gasteiger partial charge in [0, 0.05) is 19.1 Å². The van der Waals surface area contributed by atoms with Gasteiger partial charge in [0.15, 0.2) is 0 Å². The Labute approximate surface area is 104 Å². The molecular formula is C13H26N2O2. The van der Waals surface area contributed by atoms with Gasteiger partial charge < -0.3 is 15.8 Å². The molecule has 17 heavy (non-hydrogen) atoms. The van der Waals surface area contributed by atoms with Crippen LogP contribution in [0.2, 0.25) is 0 Å². The van der Waals surface area contributed by atoms with Crippen LogP contribution in [0.1, 0.15) is 40.0 Å². The van der Waals surface area contributed by atoms with E-state index in [0.29, 0.717) is 12.5 Å². The molecule has 0 aromatic rings. The normalized spacial score (nSPS) is 30.1. The molecule has 0 aromatic heterocycles. The molecule has 3 atom stereocenters. The van der Waals surface area contributed by atoms with Gasteiger partial charge >= 0.3 is 0 Å². The monoisotopic (exact) mass is 242 g/mol. The Bertz CT molecular complexity index is 266. The molecule has 0 spiro atoms. The van der Waals surface area contributed by atoms with Gasteiger partial charge in [-0.05, 0) is 39.0 Å². The van der Waals surface area contributed by atoms with Crippen LogP contribution in [0, 0.1) is 11.8 Å². The summed E-state index contributed by atoms with van der Waals surface area (Å²) in [6, 6.07) is 0.174. The third-order valence-electron chi connectivity index (χ3n) is 3.54. The molecule has 0 radical (unpaired) electrons. The SMILES string of the molecule is COCC(C)(C)NC(=O)C1CC(N)CCC1C. The van der Waals surface area contributed by atoms with Crippen LogP contribution in [0.25, 0.3) is 0 Å². The highest BCUT2D eigenvalue weighted by Crippen LogP contribution is 2.29. The highest BCUT2D eigenvalue weighted by atomic mass is 16.5. The number of hydrogen-bond acceptors (Lipinski definition) is 3. The first-order valence-electron chi connectivity index (χ1n) is 6.42. The Kier molecular flexibility index (Phi) is 4.95. The van der Waals surface area contributed by atoms with Crippen LogP contribution in [0.5, 0.6) is 0 Å². The number of rotatable bonds is 4. The van der Waals surface area contributed by atoms with Gasteiger partial charge in [-0.1, -0.05) is 6.92 Å². The van der Waals surface area contributed by atoms with Crippen LogP contribution in [0.15, 0.2) is 0 Å². The second kappa shape index (κ2) is 5.83. The molecule has 3 unspecified atom stereocenters. The molecule has 4 nitrogen and oxygen atoms in total. The molecule has 0 aromatic carbocycles. The van der Waals surface area contributed by atoms with Crippen molar-refractivity contribution in [1.29, 1.82) is 0 Å². The van der Waals surface area contributed by atoms with Crippen molar-refractivity contribution in [1.82, 2.24) is 5.32 Å². The van der Waals surface area contributed by atoms with Crippen molar-refractivity contribution in [2.45, 2.75) is 51.6 Å². The van der Waals surface area contributed by atoms with E-state index in [2.05, 4.69) is 12.2 Å². The fraction of sp³-hybridized carbons (Fsp3) is 0.923. The fourth-order valence-electron chi connectivity index (χ4n) is 2.54. The number of hydrogen-bond donors (Lipinski definition) is 2. The van der Waals surface area contributed by atoms with Crippen molar-refractivity contribution < 1.29 is 9.53 Å². The average molecular weight is 242 g/mol. The Morgan fingerprint density at radius 2 is 2.12 bits per heavy atom. The summed E-state index contributed by atoms with van der Waals surface area (Å²) in [7, 11) is 1.65. The van der Waals surface area contributed by atoms with E-state index in [1.165, 1.54) is 0 Å². The van der Waals surface area contributed by atoms with Crippen LogP contribution < -0.4 is 11.1 Å². The fourth-order valence-corrected chi connectivity index (χ4v) is 2.54. The molecule has 0 bridgehead atoms. The quantitative estimate of drug-likeness (QED) is 0.781. The number of carbonyl (C=O) groups is 1. The highest BCUT2D eigenvalue weighted by Gasteiger charge is 2.33. The summed E-state index contributed by atoms with van der Waals surface area (Å²) in [5.41, 5.74) is 5.63. The van der Waals surface area contributed by atoms with Gasteiger partial charge in [-0.3, -0.25) is 4.79 Å².